The van der Waals surface area contributed by atoms with Crippen molar-refractivity contribution < 1.29 is 9.53 Å². The van der Waals surface area contributed by atoms with Gasteiger partial charge in [-0.25, -0.2) is 4.79 Å². The SMILES string of the molecule is CN1C(C)(C)CC(OC(=O)C(Br)(Br)Br)CC1(C)C. The molecule has 0 spiro atoms. The molecule has 0 atom stereocenters. The molecule has 0 aromatic rings. The lowest BCUT2D eigenvalue weighted by atomic mass is 9.79. The van der Waals surface area contributed by atoms with Crippen molar-refractivity contribution in [3.05, 3.63) is 0 Å². The standard InChI is InChI=1S/C12H20Br3NO2/c1-10(2)6-8(7-11(3,4)16(10)5)18-9(17)12(13,14)15/h8H,6-7H2,1-5H3. The van der Waals surface area contributed by atoms with Crippen molar-refractivity contribution in [1.82, 2.24) is 4.90 Å². The number of ether oxygens (including phenoxy) is 1. The maximum atomic E-state index is 11.9. The average Bonchev–Trinajstić information content (AvgIpc) is 2.11. The van der Waals surface area contributed by atoms with Gasteiger partial charge in [0.05, 0.1) is 0 Å². The predicted octanol–water partition coefficient (Wildman–Crippen LogP) is 4.02. The van der Waals surface area contributed by atoms with Gasteiger partial charge >= 0.3 is 5.97 Å². The second kappa shape index (κ2) is 5.34. The molecular formula is C12H20Br3NO2. The van der Waals surface area contributed by atoms with Crippen LogP contribution >= 0.6 is 47.8 Å². The molecule has 0 amide bonds. The Morgan fingerprint density at radius 1 is 1.17 bits per heavy atom. The molecule has 0 N–H and O–H groups in total. The third-order valence-corrected chi connectivity index (χ3v) is 4.75. The maximum Gasteiger partial charge on any atom is 0.345 e. The molecule has 0 aromatic carbocycles. The van der Waals surface area contributed by atoms with E-state index in [1.165, 1.54) is 0 Å². The minimum absolute atomic E-state index is 0.0142. The number of hydrogen-bond acceptors (Lipinski definition) is 3. The van der Waals surface area contributed by atoms with E-state index in [1.807, 2.05) is 0 Å². The van der Waals surface area contributed by atoms with Crippen molar-refractivity contribution >= 4 is 53.8 Å². The lowest BCUT2D eigenvalue weighted by Crippen LogP contribution is -2.60. The molecule has 1 aliphatic heterocycles. The van der Waals surface area contributed by atoms with Crippen LogP contribution in [0.2, 0.25) is 0 Å². The molecule has 1 fully saturated rings. The Morgan fingerprint density at radius 2 is 1.56 bits per heavy atom. The van der Waals surface area contributed by atoms with Gasteiger partial charge in [0.2, 0.25) is 2.14 Å². The Hall–Kier alpha value is 0.870. The summed E-state index contributed by atoms with van der Waals surface area (Å²) in [5, 5.41) is 0. The van der Waals surface area contributed by atoms with Crippen LogP contribution in [-0.2, 0) is 9.53 Å². The van der Waals surface area contributed by atoms with Crippen LogP contribution in [0.1, 0.15) is 40.5 Å². The summed E-state index contributed by atoms with van der Waals surface area (Å²) in [6.07, 6.45) is 1.61. The van der Waals surface area contributed by atoms with E-state index in [-0.39, 0.29) is 23.2 Å². The van der Waals surface area contributed by atoms with Gasteiger partial charge < -0.3 is 4.74 Å². The van der Waals surface area contributed by atoms with Crippen LogP contribution < -0.4 is 0 Å². The van der Waals surface area contributed by atoms with E-state index in [1.54, 1.807) is 0 Å². The zero-order chi connectivity index (χ0) is 14.4. The van der Waals surface area contributed by atoms with Crippen LogP contribution in [0.15, 0.2) is 0 Å². The summed E-state index contributed by atoms with van der Waals surface area (Å²) in [5.41, 5.74) is 0.0284. The highest BCUT2D eigenvalue weighted by Gasteiger charge is 2.45. The van der Waals surface area contributed by atoms with Crippen molar-refractivity contribution in [2.45, 2.75) is 59.9 Å². The van der Waals surface area contributed by atoms with E-state index in [0.717, 1.165) is 12.8 Å². The van der Waals surface area contributed by atoms with Crippen LogP contribution in [0.4, 0.5) is 0 Å². The second-order valence-electron chi connectivity index (χ2n) is 6.12. The molecule has 1 heterocycles. The zero-order valence-corrected chi connectivity index (χ0v) is 16.1. The summed E-state index contributed by atoms with van der Waals surface area (Å²) < 4.78 is 4.59. The minimum Gasteiger partial charge on any atom is -0.460 e. The van der Waals surface area contributed by atoms with Crippen molar-refractivity contribution in [3.63, 3.8) is 0 Å². The summed E-state index contributed by atoms with van der Waals surface area (Å²) in [6, 6.07) is 0. The highest BCUT2D eigenvalue weighted by Crippen LogP contribution is 2.40. The molecule has 106 valence electrons. The van der Waals surface area contributed by atoms with Crippen LogP contribution in [0.3, 0.4) is 0 Å². The first kappa shape index (κ1) is 16.9. The highest BCUT2D eigenvalue weighted by molar-refractivity contribution is 9.40. The first-order valence-corrected chi connectivity index (χ1v) is 8.26. The second-order valence-corrected chi connectivity index (χ2v) is 12.9. The number of likely N-dealkylation sites (tertiary alicyclic amines) is 1. The Labute approximate surface area is 134 Å². The number of rotatable bonds is 1. The largest absolute Gasteiger partial charge is 0.460 e. The molecule has 18 heavy (non-hydrogen) atoms. The molecule has 1 aliphatic rings. The van der Waals surface area contributed by atoms with E-state index < -0.39 is 2.14 Å². The predicted molar refractivity (Wildman–Crippen MR) is 84.5 cm³/mol. The number of esters is 1. The number of nitrogens with zero attached hydrogens (tertiary/aromatic N) is 1. The first-order valence-electron chi connectivity index (χ1n) is 5.88. The van der Waals surface area contributed by atoms with Gasteiger partial charge in [-0.05, 0) is 82.5 Å². The van der Waals surface area contributed by atoms with Gasteiger partial charge in [0.1, 0.15) is 6.10 Å². The molecule has 0 aromatic heterocycles. The summed E-state index contributed by atoms with van der Waals surface area (Å²) in [4.78, 5) is 14.2. The zero-order valence-electron chi connectivity index (χ0n) is 11.4. The summed E-state index contributed by atoms with van der Waals surface area (Å²) in [7, 11) is 2.13. The summed E-state index contributed by atoms with van der Waals surface area (Å²) >= 11 is 9.56. The van der Waals surface area contributed by atoms with Crippen molar-refractivity contribution in [2.75, 3.05) is 7.05 Å². The third kappa shape index (κ3) is 3.93. The van der Waals surface area contributed by atoms with Gasteiger partial charge in [0, 0.05) is 23.9 Å². The Balaban J connectivity index is 2.79. The fraction of sp³-hybridized carbons (Fsp3) is 0.917. The molecule has 0 aliphatic carbocycles. The lowest BCUT2D eigenvalue weighted by molar-refractivity contribution is -0.156. The van der Waals surface area contributed by atoms with Gasteiger partial charge in [-0.2, -0.15) is 0 Å². The minimum atomic E-state index is -0.982. The number of carbonyl (C=O) groups excluding carboxylic acids is 1. The molecule has 1 saturated heterocycles. The van der Waals surface area contributed by atoms with Crippen molar-refractivity contribution in [1.29, 1.82) is 0 Å². The van der Waals surface area contributed by atoms with E-state index in [4.69, 9.17) is 4.74 Å². The van der Waals surface area contributed by atoms with Crippen LogP contribution in [-0.4, -0.2) is 37.2 Å². The first-order chi connectivity index (χ1) is 7.86. The molecule has 6 heteroatoms. The van der Waals surface area contributed by atoms with Gasteiger partial charge in [-0.1, -0.05) is 0 Å². The van der Waals surface area contributed by atoms with Gasteiger partial charge in [0.15, 0.2) is 0 Å². The third-order valence-electron chi connectivity index (χ3n) is 3.78. The Morgan fingerprint density at radius 3 is 1.89 bits per heavy atom. The number of carbonyl (C=O) groups is 1. The van der Waals surface area contributed by atoms with Crippen LogP contribution in [0.5, 0.6) is 0 Å². The molecule has 0 radical (unpaired) electrons. The summed E-state index contributed by atoms with van der Waals surface area (Å²) in [6.45, 7) is 8.72. The van der Waals surface area contributed by atoms with Crippen LogP contribution in [0, 0.1) is 0 Å². The molecule has 3 nitrogen and oxygen atoms in total. The van der Waals surface area contributed by atoms with E-state index in [0.29, 0.717) is 0 Å². The normalized spacial score (nSPS) is 24.9. The fourth-order valence-corrected chi connectivity index (χ4v) is 2.86. The molecular weight excluding hydrogens is 430 g/mol. The molecule has 1 rings (SSSR count). The Bertz CT molecular complexity index is 319. The van der Waals surface area contributed by atoms with Crippen molar-refractivity contribution in [3.8, 4) is 0 Å². The summed E-state index contributed by atoms with van der Waals surface area (Å²) in [5.74, 6) is -0.344. The molecule has 0 bridgehead atoms. The lowest BCUT2D eigenvalue weighted by Gasteiger charge is -2.53. The van der Waals surface area contributed by atoms with E-state index in [9.17, 15) is 4.79 Å². The topological polar surface area (TPSA) is 29.5 Å². The van der Waals surface area contributed by atoms with E-state index >= 15 is 0 Å². The number of alkyl halides is 3. The molecule has 0 unspecified atom stereocenters. The monoisotopic (exact) mass is 447 g/mol. The van der Waals surface area contributed by atoms with Crippen molar-refractivity contribution in [2.24, 2.45) is 0 Å². The quantitative estimate of drug-likeness (QED) is 0.447. The smallest absolute Gasteiger partial charge is 0.345 e. The number of hydrogen-bond donors (Lipinski definition) is 0. The van der Waals surface area contributed by atoms with Gasteiger partial charge in [-0.3, -0.25) is 4.90 Å². The number of piperidine rings is 1. The maximum absolute atomic E-state index is 11.9. The van der Waals surface area contributed by atoms with Gasteiger partial charge in [0.25, 0.3) is 0 Å². The van der Waals surface area contributed by atoms with Crippen LogP contribution in [0.25, 0.3) is 0 Å². The number of halogens is 3. The average molecular weight is 450 g/mol. The molecule has 0 saturated carbocycles. The Kier molecular flexibility index (Phi) is 5.02. The fourth-order valence-electron chi connectivity index (χ4n) is 2.58. The van der Waals surface area contributed by atoms with E-state index in [2.05, 4.69) is 87.4 Å². The highest BCUT2D eigenvalue weighted by atomic mass is 80.0. The van der Waals surface area contributed by atoms with Gasteiger partial charge in [-0.15, -0.1) is 0 Å².